The number of phenolic OH excluding ortho intramolecular Hbond substituents is 1. The molecule has 0 fully saturated rings. The lowest BCUT2D eigenvalue weighted by molar-refractivity contribution is 0.324. The fourth-order valence-corrected chi connectivity index (χ4v) is 1.65. The SMILES string of the molecule is CCOc1ccc(O)c(Br)n1.CCOc1ccc(O)cc1. The van der Waals surface area contributed by atoms with Crippen LogP contribution in [0.25, 0.3) is 0 Å². The van der Waals surface area contributed by atoms with Crippen LogP contribution >= 0.6 is 15.9 Å². The highest BCUT2D eigenvalue weighted by Crippen LogP contribution is 2.23. The van der Waals surface area contributed by atoms with E-state index in [4.69, 9.17) is 19.7 Å². The van der Waals surface area contributed by atoms with Gasteiger partial charge in [0.15, 0.2) is 4.60 Å². The van der Waals surface area contributed by atoms with Crippen LogP contribution in [0, 0.1) is 0 Å². The molecule has 0 amide bonds. The van der Waals surface area contributed by atoms with Gasteiger partial charge in [-0.2, -0.15) is 0 Å². The Morgan fingerprint density at radius 1 is 0.952 bits per heavy atom. The van der Waals surface area contributed by atoms with E-state index in [1.807, 2.05) is 13.8 Å². The zero-order valence-electron chi connectivity index (χ0n) is 11.9. The smallest absolute Gasteiger partial charge is 0.214 e. The molecular formula is C15H18BrNO4. The van der Waals surface area contributed by atoms with Crippen LogP contribution in [0.4, 0.5) is 0 Å². The summed E-state index contributed by atoms with van der Waals surface area (Å²) in [5, 5.41) is 17.9. The van der Waals surface area contributed by atoms with E-state index >= 15 is 0 Å². The van der Waals surface area contributed by atoms with E-state index in [0.29, 0.717) is 23.7 Å². The van der Waals surface area contributed by atoms with Gasteiger partial charge in [-0.15, -0.1) is 0 Å². The van der Waals surface area contributed by atoms with Crippen molar-refractivity contribution in [1.82, 2.24) is 4.98 Å². The van der Waals surface area contributed by atoms with Gasteiger partial charge in [-0.05, 0) is 60.1 Å². The maximum atomic E-state index is 9.05. The van der Waals surface area contributed by atoms with Crippen molar-refractivity contribution >= 4 is 15.9 Å². The summed E-state index contributed by atoms with van der Waals surface area (Å²) in [6.45, 7) is 5.03. The van der Waals surface area contributed by atoms with E-state index < -0.39 is 0 Å². The van der Waals surface area contributed by atoms with E-state index in [9.17, 15) is 0 Å². The van der Waals surface area contributed by atoms with Crippen molar-refractivity contribution in [2.24, 2.45) is 0 Å². The fourth-order valence-electron chi connectivity index (χ4n) is 1.35. The molecule has 0 spiro atoms. The molecule has 5 nitrogen and oxygen atoms in total. The Labute approximate surface area is 132 Å². The summed E-state index contributed by atoms with van der Waals surface area (Å²) >= 11 is 3.07. The number of ether oxygens (including phenoxy) is 2. The van der Waals surface area contributed by atoms with Gasteiger partial charge in [-0.25, -0.2) is 4.98 Å². The van der Waals surface area contributed by atoms with Gasteiger partial charge >= 0.3 is 0 Å². The van der Waals surface area contributed by atoms with E-state index in [1.54, 1.807) is 30.3 Å². The third-order valence-electron chi connectivity index (χ3n) is 2.24. The molecule has 0 saturated carbocycles. The predicted molar refractivity (Wildman–Crippen MR) is 84.0 cm³/mol. The fraction of sp³-hybridized carbons (Fsp3) is 0.267. The van der Waals surface area contributed by atoms with Gasteiger partial charge in [0.2, 0.25) is 5.88 Å². The maximum Gasteiger partial charge on any atom is 0.214 e. The summed E-state index contributed by atoms with van der Waals surface area (Å²) in [7, 11) is 0. The highest BCUT2D eigenvalue weighted by Gasteiger charge is 2.00. The number of aromatic nitrogens is 1. The van der Waals surface area contributed by atoms with Crippen LogP contribution < -0.4 is 9.47 Å². The van der Waals surface area contributed by atoms with Crippen LogP contribution in [0.3, 0.4) is 0 Å². The van der Waals surface area contributed by atoms with E-state index in [-0.39, 0.29) is 11.5 Å². The Balaban J connectivity index is 0.000000211. The highest BCUT2D eigenvalue weighted by atomic mass is 79.9. The van der Waals surface area contributed by atoms with Crippen molar-refractivity contribution in [3.8, 4) is 23.1 Å². The molecule has 114 valence electrons. The first-order chi connectivity index (χ1) is 10.1. The molecule has 0 atom stereocenters. The first kappa shape index (κ1) is 17.1. The highest BCUT2D eigenvalue weighted by molar-refractivity contribution is 9.10. The third-order valence-corrected chi connectivity index (χ3v) is 2.83. The van der Waals surface area contributed by atoms with Gasteiger partial charge < -0.3 is 19.7 Å². The molecule has 1 aromatic heterocycles. The second-order valence-corrected chi connectivity index (χ2v) is 4.57. The second-order valence-electron chi connectivity index (χ2n) is 3.82. The topological polar surface area (TPSA) is 71.8 Å². The summed E-state index contributed by atoms with van der Waals surface area (Å²) in [6.07, 6.45) is 0. The van der Waals surface area contributed by atoms with Crippen LogP contribution in [0.15, 0.2) is 41.0 Å². The van der Waals surface area contributed by atoms with Crippen LogP contribution in [-0.4, -0.2) is 28.4 Å². The predicted octanol–water partition coefficient (Wildman–Crippen LogP) is 3.74. The first-order valence-corrected chi connectivity index (χ1v) is 7.26. The van der Waals surface area contributed by atoms with Crippen LogP contribution in [0.1, 0.15) is 13.8 Å². The quantitative estimate of drug-likeness (QED) is 0.817. The molecule has 0 aliphatic rings. The largest absolute Gasteiger partial charge is 0.508 e. The molecule has 2 N–H and O–H groups in total. The van der Waals surface area contributed by atoms with Crippen molar-refractivity contribution in [2.75, 3.05) is 13.2 Å². The summed E-state index contributed by atoms with van der Waals surface area (Å²) < 4.78 is 10.6. The molecule has 0 bridgehead atoms. The van der Waals surface area contributed by atoms with Crippen molar-refractivity contribution in [3.05, 3.63) is 41.0 Å². The summed E-state index contributed by atoms with van der Waals surface area (Å²) in [6, 6.07) is 9.82. The Kier molecular flexibility index (Phi) is 7.39. The Hall–Kier alpha value is -1.95. The molecule has 2 aromatic rings. The Morgan fingerprint density at radius 2 is 1.57 bits per heavy atom. The molecule has 1 heterocycles. The van der Waals surface area contributed by atoms with Crippen molar-refractivity contribution in [1.29, 1.82) is 0 Å². The second kappa shape index (κ2) is 9.07. The van der Waals surface area contributed by atoms with Crippen LogP contribution in [0.5, 0.6) is 23.1 Å². The van der Waals surface area contributed by atoms with Gasteiger partial charge in [0.1, 0.15) is 17.2 Å². The molecule has 0 unspecified atom stereocenters. The molecule has 0 aliphatic carbocycles. The van der Waals surface area contributed by atoms with E-state index in [1.165, 1.54) is 6.07 Å². The molecule has 0 saturated heterocycles. The van der Waals surface area contributed by atoms with Gasteiger partial charge in [0, 0.05) is 6.07 Å². The number of aromatic hydroxyl groups is 2. The van der Waals surface area contributed by atoms with Crippen LogP contribution in [-0.2, 0) is 0 Å². The lowest BCUT2D eigenvalue weighted by atomic mass is 10.3. The number of benzene rings is 1. The van der Waals surface area contributed by atoms with Crippen molar-refractivity contribution in [2.45, 2.75) is 13.8 Å². The molecule has 1 aromatic carbocycles. The third kappa shape index (κ3) is 6.35. The lowest BCUT2D eigenvalue weighted by Gasteiger charge is -2.01. The molecule has 2 rings (SSSR count). The summed E-state index contributed by atoms with van der Waals surface area (Å²) in [5.41, 5.74) is 0. The molecular weight excluding hydrogens is 338 g/mol. The molecule has 0 radical (unpaired) electrons. The Morgan fingerprint density at radius 3 is 2.10 bits per heavy atom. The molecule has 0 aliphatic heterocycles. The number of rotatable bonds is 4. The van der Waals surface area contributed by atoms with E-state index in [2.05, 4.69) is 20.9 Å². The maximum absolute atomic E-state index is 9.05. The zero-order chi connectivity index (χ0) is 15.7. The number of nitrogens with zero attached hydrogens (tertiary/aromatic N) is 1. The standard InChI is InChI=1S/C8H10O2.C7H8BrNO2/c1-2-10-8-5-3-7(9)4-6-8;1-2-11-6-4-3-5(10)7(8)9-6/h3-6,9H,2H2,1H3;3-4,10H,2H2,1H3. The minimum absolute atomic E-state index is 0.119. The monoisotopic (exact) mass is 355 g/mol. The van der Waals surface area contributed by atoms with Crippen molar-refractivity contribution in [3.63, 3.8) is 0 Å². The number of hydrogen-bond donors (Lipinski definition) is 2. The number of hydrogen-bond acceptors (Lipinski definition) is 5. The minimum Gasteiger partial charge on any atom is -0.508 e. The number of phenols is 1. The molecule has 6 heteroatoms. The van der Waals surface area contributed by atoms with Gasteiger partial charge in [0.25, 0.3) is 0 Å². The van der Waals surface area contributed by atoms with Gasteiger partial charge in [-0.3, -0.25) is 0 Å². The average molecular weight is 356 g/mol. The normalized spacial score (nSPS) is 9.48. The summed E-state index contributed by atoms with van der Waals surface area (Å²) in [5.74, 6) is 1.69. The number of pyridine rings is 1. The minimum atomic E-state index is 0.119. The van der Waals surface area contributed by atoms with E-state index in [0.717, 1.165) is 5.75 Å². The first-order valence-electron chi connectivity index (χ1n) is 6.47. The van der Waals surface area contributed by atoms with Gasteiger partial charge in [-0.1, -0.05) is 0 Å². The van der Waals surface area contributed by atoms with Crippen molar-refractivity contribution < 1.29 is 19.7 Å². The number of halogens is 1. The zero-order valence-corrected chi connectivity index (χ0v) is 13.5. The summed E-state index contributed by atoms with van der Waals surface area (Å²) in [4.78, 5) is 3.91. The Bertz CT molecular complexity index is 546. The van der Waals surface area contributed by atoms with Gasteiger partial charge in [0.05, 0.1) is 13.2 Å². The average Bonchev–Trinajstić information content (AvgIpc) is 2.47. The lowest BCUT2D eigenvalue weighted by Crippen LogP contribution is -1.93. The molecule has 21 heavy (non-hydrogen) atoms. The van der Waals surface area contributed by atoms with Crippen LogP contribution in [0.2, 0.25) is 0 Å².